The van der Waals surface area contributed by atoms with E-state index in [9.17, 15) is 9.18 Å². The Morgan fingerprint density at radius 1 is 1.07 bits per heavy atom. The molecule has 0 saturated carbocycles. The quantitative estimate of drug-likeness (QED) is 0.397. The molecule has 0 atom stereocenters. The average molecular weight is 427 g/mol. The van der Waals surface area contributed by atoms with Crippen LogP contribution in [0.3, 0.4) is 0 Å². The first-order valence-corrected chi connectivity index (χ1v) is 9.66. The van der Waals surface area contributed by atoms with Crippen molar-refractivity contribution in [2.75, 3.05) is 6.61 Å². The van der Waals surface area contributed by atoms with Gasteiger partial charge in [0.1, 0.15) is 12.4 Å². The van der Waals surface area contributed by atoms with Gasteiger partial charge in [-0.3, -0.25) is 4.79 Å². The van der Waals surface area contributed by atoms with Crippen molar-refractivity contribution in [2.24, 2.45) is 5.10 Å². The van der Waals surface area contributed by atoms with Gasteiger partial charge < -0.3 is 9.47 Å². The smallest absolute Gasteiger partial charge is 0.271 e. The van der Waals surface area contributed by atoms with E-state index < -0.39 is 0 Å². The van der Waals surface area contributed by atoms with Crippen molar-refractivity contribution >= 4 is 23.7 Å². The van der Waals surface area contributed by atoms with Crippen LogP contribution in [0, 0.1) is 5.82 Å². The maximum atomic E-state index is 13.3. The number of nitrogens with one attached hydrogen (secondary N) is 1. The molecule has 0 fully saturated rings. The van der Waals surface area contributed by atoms with Crippen LogP contribution < -0.4 is 14.9 Å². The minimum absolute atomic E-state index is 0.211. The van der Waals surface area contributed by atoms with Crippen molar-refractivity contribution in [1.82, 2.24) is 5.43 Å². The van der Waals surface area contributed by atoms with E-state index in [0.717, 1.165) is 0 Å². The zero-order chi connectivity index (χ0) is 21.3. The lowest BCUT2D eigenvalue weighted by atomic mass is 10.2. The van der Waals surface area contributed by atoms with E-state index in [-0.39, 0.29) is 18.3 Å². The number of hydrazone groups is 1. The van der Waals surface area contributed by atoms with Gasteiger partial charge in [-0.2, -0.15) is 5.10 Å². The maximum absolute atomic E-state index is 13.3. The summed E-state index contributed by atoms with van der Waals surface area (Å²) < 4.78 is 24.7. The Kier molecular flexibility index (Phi) is 7.40. The van der Waals surface area contributed by atoms with Gasteiger partial charge in [0, 0.05) is 10.6 Å². The second-order valence-electron chi connectivity index (χ2n) is 6.26. The lowest BCUT2D eigenvalue weighted by molar-refractivity contribution is 0.0955. The average Bonchev–Trinajstić information content (AvgIpc) is 2.74. The number of carbonyl (C=O) groups is 1. The molecule has 1 amide bonds. The van der Waals surface area contributed by atoms with Gasteiger partial charge in [-0.25, -0.2) is 9.82 Å². The molecule has 3 aromatic rings. The molecule has 0 spiro atoms. The van der Waals surface area contributed by atoms with Crippen molar-refractivity contribution in [3.05, 3.63) is 94.3 Å². The first-order chi connectivity index (χ1) is 14.5. The Morgan fingerprint density at radius 3 is 2.60 bits per heavy atom. The highest BCUT2D eigenvalue weighted by Gasteiger charge is 2.08. The third kappa shape index (κ3) is 6.06. The van der Waals surface area contributed by atoms with Gasteiger partial charge >= 0.3 is 0 Å². The fourth-order valence-corrected chi connectivity index (χ4v) is 2.74. The molecule has 0 aliphatic rings. The molecule has 3 aromatic carbocycles. The summed E-state index contributed by atoms with van der Waals surface area (Å²) in [5.74, 6) is 0.404. The summed E-state index contributed by atoms with van der Waals surface area (Å²) in [5.41, 5.74) is 4.35. The number of carbonyl (C=O) groups excluding carboxylic acids is 1. The summed E-state index contributed by atoms with van der Waals surface area (Å²) in [6.07, 6.45) is 1.51. The molecule has 0 aliphatic heterocycles. The molecule has 5 nitrogen and oxygen atoms in total. The molecule has 0 heterocycles. The number of rotatable bonds is 8. The highest BCUT2D eigenvalue weighted by atomic mass is 35.5. The molecule has 7 heteroatoms. The van der Waals surface area contributed by atoms with Crippen molar-refractivity contribution in [3.8, 4) is 11.5 Å². The van der Waals surface area contributed by atoms with Crippen LogP contribution in [-0.4, -0.2) is 18.7 Å². The van der Waals surface area contributed by atoms with Crippen LogP contribution in [0.1, 0.15) is 28.4 Å². The Bertz CT molecular complexity index is 1040. The van der Waals surface area contributed by atoms with Gasteiger partial charge in [-0.15, -0.1) is 0 Å². The van der Waals surface area contributed by atoms with Gasteiger partial charge in [-0.05, 0) is 72.6 Å². The summed E-state index contributed by atoms with van der Waals surface area (Å²) in [5, 5.41) is 4.53. The van der Waals surface area contributed by atoms with Crippen molar-refractivity contribution in [2.45, 2.75) is 13.5 Å². The molecule has 0 radical (unpaired) electrons. The summed E-state index contributed by atoms with van der Waals surface area (Å²) >= 11 is 5.82. The number of halogens is 2. The van der Waals surface area contributed by atoms with E-state index in [0.29, 0.717) is 39.8 Å². The van der Waals surface area contributed by atoms with Gasteiger partial charge in [0.25, 0.3) is 5.91 Å². The van der Waals surface area contributed by atoms with Crippen LogP contribution in [0.25, 0.3) is 0 Å². The van der Waals surface area contributed by atoms with Crippen LogP contribution in [0.15, 0.2) is 71.8 Å². The summed E-state index contributed by atoms with van der Waals surface area (Å²) in [6, 6.07) is 18.0. The Hall–Kier alpha value is -3.38. The van der Waals surface area contributed by atoms with Gasteiger partial charge in [-0.1, -0.05) is 23.7 Å². The van der Waals surface area contributed by atoms with Crippen molar-refractivity contribution < 1.29 is 18.7 Å². The Labute approximate surface area is 179 Å². The lowest BCUT2D eigenvalue weighted by Gasteiger charge is -2.12. The zero-order valence-corrected chi connectivity index (χ0v) is 17.0. The number of benzene rings is 3. The lowest BCUT2D eigenvalue weighted by Crippen LogP contribution is -2.17. The Balaban J connectivity index is 1.65. The molecular formula is C23H20ClFN2O3. The van der Waals surface area contributed by atoms with E-state index in [1.807, 2.05) is 6.92 Å². The predicted molar refractivity (Wildman–Crippen MR) is 115 cm³/mol. The van der Waals surface area contributed by atoms with Crippen LogP contribution >= 0.6 is 11.6 Å². The highest BCUT2D eigenvalue weighted by molar-refractivity contribution is 6.30. The van der Waals surface area contributed by atoms with Crippen LogP contribution in [0.4, 0.5) is 4.39 Å². The number of hydrogen-bond donors (Lipinski definition) is 1. The molecule has 1 N–H and O–H groups in total. The summed E-state index contributed by atoms with van der Waals surface area (Å²) in [4.78, 5) is 12.1. The minimum atomic E-state index is -0.344. The second-order valence-corrected chi connectivity index (χ2v) is 6.70. The van der Waals surface area contributed by atoms with Gasteiger partial charge in [0.2, 0.25) is 0 Å². The van der Waals surface area contributed by atoms with E-state index in [1.54, 1.807) is 54.6 Å². The third-order valence-corrected chi connectivity index (χ3v) is 4.29. The van der Waals surface area contributed by atoms with Crippen molar-refractivity contribution in [3.63, 3.8) is 0 Å². The van der Waals surface area contributed by atoms with Gasteiger partial charge in [0.15, 0.2) is 11.5 Å². The van der Waals surface area contributed by atoms with Gasteiger partial charge in [0.05, 0.1) is 12.8 Å². The molecule has 3 rings (SSSR count). The monoisotopic (exact) mass is 426 g/mol. The fourth-order valence-electron chi connectivity index (χ4n) is 2.61. The standard InChI is InChI=1S/C23H20ClFN2O3/c1-2-29-22-13-16(14-26-27-23(28)18-7-9-19(24)10-8-18)6-11-21(22)30-15-17-4-3-5-20(25)12-17/h3-14H,2,15H2,1H3,(H,27,28)/b26-14-. The topological polar surface area (TPSA) is 59.9 Å². The molecular weight excluding hydrogens is 407 g/mol. The normalized spacial score (nSPS) is 10.8. The molecule has 0 aliphatic carbocycles. The first kappa shape index (κ1) is 21.3. The zero-order valence-electron chi connectivity index (χ0n) is 16.3. The number of amides is 1. The largest absolute Gasteiger partial charge is 0.490 e. The first-order valence-electron chi connectivity index (χ1n) is 9.28. The highest BCUT2D eigenvalue weighted by Crippen LogP contribution is 2.29. The number of ether oxygens (including phenoxy) is 2. The summed E-state index contributed by atoms with van der Waals surface area (Å²) in [7, 11) is 0. The number of nitrogens with zero attached hydrogens (tertiary/aromatic N) is 1. The minimum Gasteiger partial charge on any atom is -0.490 e. The molecule has 0 aromatic heterocycles. The van der Waals surface area contributed by atoms with Crippen LogP contribution in [0.5, 0.6) is 11.5 Å². The molecule has 154 valence electrons. The molecule has 0 unspecified atom stereocenters. The van der Waals surface area contributed by atoms with E-state index in [1.165, 1.54) is 18.3 Å². The van der Waals surface area contributed by atoms with Crippen molar-refractivity contribution in [1.29, 1.82) is 0 Å². The van der Waals surface area contributed by atoms with Crippen LogP contribution in [-0.2, 0) is 6.61 Å². The maximum Gasteiger partial charge on any atom is 0.271 e. The van der Waals surface area contributed by atoms with Crippen LogP contribution in [0.2, 0.25) is 5.02 Å². The predicted octanol–water partition coefficient (Wildman–Crippen LogP) is 5.22. The van der Waals surface area contributed by atoms with E-state index >= 15 is 0 Å². The van der Waals surface area contributed by atoms with E-state index in [4.69, 9.17) is 21.1 Å². The fraction of sp³-hybridized carbons (Fsp3) is 0.130. The van der Waals surface area contributed by atoms with E-state index in [2.05, 4.69) is 10.5 Å². The summed E-state index contributed by atoms with van der Waals surface area (Å²) in [6.45, 7) is 2.52. The molecule has 30 heavy (non-hydrogen) atoms. The Morgan fingerprint density at radius 2 is 1.87 bits per heavy atom. The molecule has 0 saturated heterocycles. The molecule has 0 bridgehead atoms. The third-order valence-electron chi connectivity index (χ3n) is 4.04. The second kappa shape index (κ2) is 10.4. The SMILES string of the molecule is CCOc1cc(/C=N\NC(=O)c2ccc(Cl)cc2)ccc1OCc1cccc(F)c1. The number of hydrogen-bond acceptors (Lipinski definition) is 4.